The predicted molar refractivity (Wildman–Crippen MR) is 58.0 cm³/mol. The maximum absolute atomic E-state index is 11.9. The summed E-state index contributed by atoms with van der Waals surface area (Å²) in [4.78, 5) is 11.0. The molecule has 1 saturated heterocycles. The van der Waals surface area contributed by atoms with Crippen LogP contribution in [0.5, 0.6) is 5.75 Å². The number of amides is 1. The van der Waals surface area contributed by atoms with Crippen molar-refractivity contribution in [3.8, 4) is 5.75 Å². The van der Waals surface area contributed by atoms with Gasteiger partial charge in [-0.1, -0.05) is 12.1 Å². The summed E-state index contributed by atoms with van der Waals surface area (Å²) in [5, 5.41) is 2.81. The van der Waals surface area contributed by atoms with Gasteiger partial charge < -0.3 is 10.1 Å². The molecular formula is C12H12F3NO2. The van der Waals surface area contributed by atoms with Crippen LogP contribution in [0.1, 0.15) is 18.4 Å². The van der Waals surface area contributed by atoms with Crippen molar-refractivity contribution < 1.29 is 22.7 Å². The number of halogens is 3. The molecule has 3 nitrogen and oxygen atoms in total. The van der Waals surface area contributed by atoms with E-state index in [4.69, 9.17) is 0 Å². The topological polar surface area (TPSA) is 38.3 Å². The van der Waals surface area contributed by atoms with Gasteiger partial charge in [-0.3, -0.25) is 4.79 Å². The Hall–Kier alpha value is -1.72. The molecule has 1 atom stereocenters. The van der Waals surface area contributed by atoms with Crippen LogP contribution in [0.4, 0.5) is 13.2 Å². The summed E-state index contributed by atoms with van der Waals surface area (Å²) >= 11 is 0. The zero-order valence-corrected chi connectivity index (χ0v) is 9.46. The molecular weight excluding hydrogens is 247 g/mol. The van der Waals surface area contributed by atoms with E-state index in [-0.39, 0.29) is 17.7 Å². The molecule has 1 unspecified atom stereocenters. The van der Waals surface area contributed by atoms with Crippen LogP contribution in [-0.2, 0) is 11.2 Å². The number of carbonyl (C=O) groups is 1. The molecule has 0 aliphatic carbocycles. The number of rotatable bonds is 3. The maximum atomic E-state index is 11.9. The summed E-state index contributed by atoms with van der Waals surface area (Å²) in [6.07, 6.45) is -2.77. The van der Waals surface area contributed by atoms with E-state index in [1.54, 1.807) is 12.1 Å². The normalized spacial score (nSPS) is 19.7. The molecule has 6 heteroatoms. The third-order valence-electron chi connectivity index (χ3n) is 2.72. The lowest BCUT2D eigenvalue weighted by Gasteiger charge is -2.11. The number of benzene rings is 1. The van der Waals surface area contributed by atoms with Gasteiger partial charge in [-0.2, -0.15) is 0 Å². The van der Waals surface area contributed by atoms with Gasteiger partial charge in [0.15, 0.2) is 0 Å². The summed E-state index contributed by atoms with van der Waals surface area (Å²) in [5.74, 6) is -0.210. The Morgan fingerprint density at radius 1 is 1.28 bits per heavy atom. The van der Waals surface area contributed by atoms with E-state index in [0.717, 1.165) is 12.0 Å². The molecule has 1 aliphatic rings. The van der Waals surface area contributed by atoms with Gasteiger partial charge in [0.25, 0.3) is 0 Å². The highest BCUT2D eigenvalue weighted by atomic mass is 19.4. The molecule has 0 saturated carbocycles. The summed E-state index contributed by atoms with van der Waals surface area (Å²) in [6, 6.07) is 5.78. The molecule has 1 amide bonds. The van der Waals surface area contributed by atoms with E-state index in [1.807, 2.05) is 0 Å². The fourth-order valence-electron chi connectivity index (χ4n) is 1.94. The molecule has 1 aromatic carbocycles. The average molecular weight is 259 g/mol. The Balaban J connectivity index is 1.93. The maximum Gasteiger partial charge on any atom is 0.573 e. The first-order valence-corrected chi connectivity index (χ1v) is 5.56. The van der Waals surface area contributed by atoms with Crippen molar-refractivity contribution in [2.75, 3.05) is 0 Å². The Morgan fingerprint density at radius 3 is 2.44 bits per heavy atom. The van der Waals surface area contributed by atoms with Crippen molar-refractivity contribution in [2.45, 2.75) is 31.7 Å². The van der Waals surface area contributed by atoms with Crippen molar-refractivity contribution in [3.05, 3.63) is 29.8 Å². The molecule has 1 N–H and O–H groups in total. The van der Waals surface area contributed by atoms with E-state index >= 15 is 0 Å². The lowest BCUT2D eigenvalue weighted by atomic mass is 10.0. The Bertz CT molecular complexity index is 428. The smallest absolute Gasteiger partial charge is 0.406 e. The Labute approximate surface area is 102 Å². The van der Waals surface area contributed by atoms with E-state index < -0.39 is 6.36 Å². The van der Waals surface area contributed by atoms with Crippen molar-refractivity contribution in [1.82, 2.24) is 5.32 Å². The Morgan fingerprint density at radius 2 is 1.94 bits per heavy atom. The molecule has 1 aromatic rings. The standard InChI is InChI=1S/C12H12F3NO2/c13-12(14,15)18-10-4-1-8(2-5-10)7-9-3-6-11(17)16-9/h1-2,4-5,9H,3,6-7H2,(H,16,17). The van der Waals surface area contributed by atoms with Crippen molar-refractivity contribution in [1.29, 1.82) is 0 Å². The molecule has 0 radical (unpaired) electrons. The second-order valence-corrected chi connectivity index (χ2v) is 4.20. The van der Waals surface area contributed by atoms with Gasteiger partial charge in [-0.25, -0.2) is 0 Å². The second-order valence-electron chi connectivity index (χ2n) is 4.20. The minimum Gasteiger partial charge on any atom is -0.406 e. The molecule has 2 rings (SSSR count). The van der Waals surface area contributed by atoms with E-state index in [1.165, 1.54) is 12.1 Å². The summed E-state index contributed by atoms with van der Waals surface area (Å²) < 4.78 is 39.6. The van der Waals surface area contributed by atoms with Crippen molar-refractivity contribution in [2.24, 2.45) is 0 Å². The highest BCUT2D eigenvalue weighted by Gasteiger charge is 2.31. The van der Waals surface area contributed by atoms with Gasteiger partial charge in [0.05, 0.1) is 0 Å². The molecule has 18 heavy (non-hydrogen) atoms. The number of carbonyl (C=O) groups excluding carboxylic acids is 1. The van der Waals surface area contributed by atoms with Crippen LogP contribution in [0.2, 0.25) is 0 Å². The number of nitrogens with one attached hydrogen (secondary N) is 1. The largest absolute Gasteiger partial charge is 0.573 e. The SMILES string of the molecule is O=C1CCC(Cc2ccc(OC(F)(F)F)cc2)N1. The van der Waals surface area contributed by atoms with Gasteiger partial charge in [0.2, 0.25) is 5.91 Å². The molecule has 0 spiro atoms. The van der Waals surface area contributed by atoms with Crippen molar-refractivity contribution in [3.63, 3.8) is 0 Å². The number of hydrogen-bond acceptors (Lipinski definition) is 2. The van der Waals surface area contributed by atoms with Gasteiger partial charge in [0, 0.05) is 12.5 Å². The van der Waals surface area contributed by atoms with Gasteiger partial charge >= 0.3 is 6.36 Å². The monoisotopic (exact) mass is 259 g/mol. The van der Waals surface area contributed by atoms with Crippen molar-refractivity contribution >= 4 is 5.91 Å². The zero-order chi connectivity index (χ0) is 13.2. The first-order valence-electron chi connectivity index (χ1n) is 5.56. The molecule has 1 fully saturated rings. The molecule has 0 bridgehead atoms. The van der Waals surface area contributed by atoms with Crippen LogP contribution in [-0.4, -0.2) is 18.3 Å². The van der Waals surface area contributed by atoms with Gasteiger partial charge in [0.1, 0.15) is 5.75 Å². The third kappa shape index (κ3) is 3.65. The molecule has 1 aliphatic heterocycles. The van der Waals surface area contributed by atoms with Crippen LogP contribution in [0.15, 0.2) is 24.3 Å². The van der Waals surface area contributed by atoms with Crippen LogP contribution in [0.3, 0.4) is 0 Å². The first kappa shape index (κ1) is 12.7. The quantitative estimate of drug-likeness (QED) is 0.905. The van der Waals surface area contributed by atoms with E-state index in [2.05, 4.69) is 10.1 Å². The minimum absolute atomic E-state index is 0.0250. The second kappa shape index (κ2) is 4.88. The van der Waals surface area contributed by atoms with Crippen LogP contribution < -0.4 is 10.1 Å². The first-order chi connectivity index (χ1) is 8.42. The highest BCUT2D eigenvalue weighted by Crippen LogP contribution is 2.23. The number of ether oxygens (including phenoxy) is 1. The molecule has 1 heterocycles. The lowest BCUT2D eigenvalue weighted by molar-refractivity contribution is -0.274. The summed E-state index contributed by atoms with van der Waals surface area (Å²) in [6.45, 7) is 0. The number of hydrogen-bond donors (Lipinski definition) is 1. The minimum atomic E-state index is -4.67. The van der Waals surface area contributed by atoms with Gasteiger partial charge in [-0.05, 0) is 30.5 Å². The Kier molecular flexibility index (Phi) is 3.45. The number of alkyl halides is 3. The average Bonchev–Trinajstić information content (AvgIpc) is 2.65. The molecule has 98 valence electrons. The summed E-state index contributed by atoms with van der Waals surface area (Å²) in [5.41, 5.74) is 0.872. The van der Waals surface area contributed by atoms with Crippen LogP contribution in [0, 0.1) is 0 Å². The third-order valence-corrected chi connectivity index (χ3v) is 2.72. The fourth-order valence-corrected chi connectivity index (χ4v) is 1.94. The summed E-state index contributed by atoms with van der Waals surface area (Å²) in [7, 11) is 0. The molecule has 0 aromatic heterocycles. The fraction of sp³-hybridized carbons (Fsp3) is 0.417. The van der Waals surface area contributed by atoms with Crippen LogP contribution >= 0.6 is 0 Å². The zero-order valence-electron chi connectivity index (χ0n) is 9.46. The highest BCUT2D eigenvalue weighted by molar-refractivity contribution is 5.78. The predicted octanol–water partition coefficient (Wildman–Crippen LogP) is 2.41. The van der Waals surface area contributed by atoms with Crippen LogP contribution in [0.25, 0.3) is 0 Å². The lowest BCUT2D eigenvalue weighted by Crippen LogP contribution is -2.27. The van der Waals surface area contributed by atoms with Gasteiger partial charge in [-0.15, -0.1) is 13.2 Å². The van der Waals surface area contributed by atoms with E-state index in [9.17, 15) is 18.0 Å². The van der Waals surface area contributed by atoms with E-state index in [0.29, 0.717) is 12.8 Å².